The lowest BCUT2D eigenvalue weighted by molar-refractivity contribution is -0.118. The first-order valence-electron chi connectivity index (χ1n) is 7.07. The van der Waals surface area contributed by atoms with Gasteiger partial charge in [0.25, 0.3) is 0 Å². The fourth-order valence-corrected chi connectivity index (χ4v) is 2.97. The Morgan fingerprint density at radius 1 is 1.38 bits per heavy atom. The number of hydrogen-bond acceptors (Lipinski definition) is 5. The molecule has 0 bridgehead atoms. The van der Waals surface area contributed by atoms with Crippen molar-refractivity contribution in [3.05, 3.63) is 52.0 Å². The smallest absolute Gasteiger partial charge is 0.250 e. The SMILES string of the molecule is COc1cc(/C=N\NC(=O)CSc2ccc(C)cc2)cc(Br)c1O. The number of nitrogens with zero attached hydrogens (tertiary/aromatic N) is 1. The first kappa shape index (κ1) is 18.4. The molecule has 0 saturated carbocycles. The summed E-state index contributed by atoms with van der Waals surface area (Å²) in [5.74, 6) is 0.435. The number of hydrazone groups is 1. The minimum absolute atomic E-state index is 0.0215. The lowest BCUT2D eigenvalue weighted by atomic mass is 10.2. The van der Waals surface area contributed by atoms with Gasteiger partial charge in [-0.3, -0.25) is 4.79 Å². The predicted octanol–water partition coefficient (Wildman–Crippen LogP) is 3.71. The van der Waals surface area contributed by atoms with Gasteiger partial charge in [-0.25, -0.2) is 5.43 Å². The Bertz CT molecular complexity index is 748. The molecule has 0 aromatic heterocycles. The third-order valence-corrected chi connectivity index (χ3v) is 4.68. The molecule has 0 unspecified atom stereocenters. The van der Waals surface area contributed by atoms with Gasteiger partial charge in [-0.2, -0.15) is 5.10 Å². The van der Waals surface area contributed by atoms with Crippen LogP contribution in [0.1, 0.15) is 11.1 Å². The normalized spacial score (nSPS) is 10.8. The monoisotopic (exact) mass is 408 g/mol. The third kappa shape index (κ3) is 5.28. The number of carbonyl (C=O) groups is 1. The van der Waals surface area contributed by atoms with Gasteiger partial charge in [0.05, 0.1) is 23.5 Å². The van der Waals surface area contributed by atoms with Gasteiger partial charge in [0, 0.05) is 4.90 Å². The van der Waals surface area contributed by atoms with Crippen LogP contribution >= 0.6 is 27.7 Å². The Hall–Kier alpha value is -1.99. The lowest BCUT2D eigenvalue weighted by Crippen LogP contribution is -2.19. The average Bonchev–Trinajstić information content (AvgIpc) is 2.57. The first-order chi connectivity index (χ1) is 11.5. The van der Waals surface area contributed by atoms with E-state index in [2.05, 4.69) is 26.5 Å². The number of aryl methyl sites for hydroxylation is 1. The van der Waals surface area contributed by atoms with Crippen molar-refractivity contribution in [1.82, 2.24) is 5.43 Å². The maximum absolute atomic E-state index is 11.8. The quantitative estimate of drug-likeness (QED) is 0.434. The van der Waals surface area contributed by atoms with Crippen LogP contribution in [0.25, 0.3) is 0 Å². The summed E-state index contributed by atoms with van der Waals surface area (Å²) in [5, 5.41) is 13.7. The zero-order valence-electron chi connectivity index (χ0n) is 13.2. The molecule has 0 aliphatic carbocycles. The van der Waals surface area contributed by atoms with Crippen LogP contribution in [0.3, 0.4) is 0 Å². The van der Waals surface area contributed by atoms with Gasteiger partial charge in [0.1, 0.15) is 0 Å². The molecule has 2 rings (SSSR count). The van der Waals surface area contributed by atoms with E-state index < -0.39 is 0 Å². The molecule has 2 aromatic carbocycles. The van der Waals surface area contributed by atoms with Crippen LogP contribution in [0, 0.1) is 6.92 Å². The predicted molar refractivity (Wildman–Crippen MR) is 100.0 cm³/mol. The summed E-state index contributed by atoms with van der Waals surface area (Å²) in [6.07, 6.45) is 1.49. The summed E-state index contributed by atoms with van der Waals surface area (Å²) in [6.45, 7) is 2.02. The summed E-state index contributed by atoms with van der Waals surface area (Å²) >= 11 is 4.68. The number of aromatic hydroxyl groups is 1. The molecule has 0 spiro atoms. The number of phenols is 1. The summed E-state index contributed by atoms with van der Waals surface area (Å²) < 4.78 is 5.55. The molecule has 2 N–H and O–H groups in total. The molecule has 0 aliphatic heterocycles. The third-order valence-electron chi connectivity index (χ3n) is 3.06. The van der Waals surface area contributed by atoms with Gasteiger partial charge in [-0.05, 0) is 52.7 Å². The van der Waals surface area contributed by atoms with Crippen molar-refractivity contribution < 1.29 is 14.6 Å². The van der Waals surface area contributed by atoms with E-state index >= 15 is 0 Å². The minimum atomic E-state index is -0.193. The summed E-state index contributed by atoms with van der Waals surface area (Å²) in [5.41, 5.74) is 4.34. The van der Waals surface area contributed by atoms with Crippen LogP contribution in [0.15, 0.2) is 50.9 Å². The molecular weight excluding hydrogens is 392 g/mol. The van der Waals surface area contributed by atoms with Crippen molar-refractivity contribution in [3.8, 4) is 11.5 Å². The Morgan fingerprint density at radius 3 is 2.75 bits per heavy atom. The van der Waals surface area contributed by atoms with Crippen LogP contribution in [0.4, 0.5) is 0 Å². The number of amides is 1. The molecule has 0 heterocycles. The highest BCUT2D eigenvalue weighted by Gasteiger charge is 2.07. The van der Waals surface area contributed by atoms with Gasteiger partial charge >= 0.3 is 0 Å². The highest BCUT2D eigenvalue weighted by atomic mass is 79.9. The number of nitrogens with one attached hydrogen (secondary N) is 1. The Balaban J connectivity index is 1.88. The summed E-state index contributed by atoms with van der Waals surface area (Å²) in [4.78, 5) is 12.8. The number of ether oxygens (including phenoxy) is 1. The number of thioether (sulfide) groups is 1. The van der Waals surface area contributed by atoms with Crippen LogP contribution in [0.5, 0.6) is 11.5 Å². The van der Waals surface area contributed by atoms with E-state index in [9.17, 15) is 9.90 Å². The molecule has 0 atom stereocenters. The highest BCUT2D eigenvalue weighted by molar-refractivity contribution is 9.10. The van der Waals surface area contributed by atoms with Crippen molar-refractivity contribution in [3.63, 3.8) is 0 Å². The maximum atomic E-state index is 11.8. The van der Waals surface area contributed by atoms with Crippen LogP contribution in [0.2, 0.25) is 0 Å². The molecule has 7 heteroatoms. The van der Waals surface area contributed by atoms with Crippen LogP contribution in [-0.2, 0) is 4.79 Å². The summed E-state index contributed by atoms with van der Waals surface area (Å²) in [7, 11) is 1.46. The van der Waals surface area contributed by atoms with Crippen molar-refractivity contribution in [2.75, 3.05) is 12.9 Å². The highest BCUT2D eigenvalue weighted by Crippen LogP contribution is 2.34. The average molecular weight is 409 g/mol. The molecular formula is C17H17BrN2O3S. The van der Waals surface area contributed by atoms with Crippen molar-refractivity contribution >= 4 is 39.8 Å². The van der Waals surface area contributed by atoms with E-state index in [-0.39, 0.29) is 17.4 Å². The van der Waals surface area contributed by atoms with E-state index in [1.165, 1.54) is 30.6 Å². The fourth-order valence-electron chi connectivity index (χ4n) is 1.82. The van der Waals surface area contributed by atoms with E-state index in [0.29, 0.717) is 15.8 Å². The number of halogens is 1. The van der Waals surface area contributed by atoms with Crippen LogP contribution < -0.4 is 10.2 Å². The van der Waals surface area contributed by atoms with Gasteiger partial charge in [0.15, 0.2) is 11.5 Å². The molecule has 0 aliphatic rings. The number of methoxy groups -OCH3 is 1. The van der Waals surface area contributed by atoms with Gasteiger partial charge in [-0.15, -0.1) is 11.8 Å². The molecule has 0 saturated heterocycles. The maximum Gasteiger partial charge on any atom is 0.250 e. The van der Waals surface area contributed by atoms with E-state index in [4.69, 9.17) is 4.74 Å². The van der Waals surface area contributed by atoms with Crippen molar-refractivity contribution in [1.29, 1.82) is 0 Å². The van der Waals surface area contributed by atoms with Gasteiger partial charge in [0.2, 0.25) is 5.91 Å². The number of carbonyl (C=O) groups excluding carboxylic acids is 1. The van der Waals surface area contributed by atoms with E-state index in [0.717, 1.165) is 4.90 Å². The Morgan fingerprint density at radius 2 is 2.08 bits per heavy atom. The number of rotatable bonds is 6. The number of hydrogen-bond donors (Lipinski definition) is 2. The Labute approximate surface area is 153 Å². The van der Waals surface area contributed by atoms with Gasteiger partial charge < -0.3 is 9.84 Å². The number of phenolic OH excluding ortho intramolecular Hbond substituents is 1. The molecule has 0 fully saturated rings. The molecule has 126 valence electrons. The van der Waals surface area contributed by atoms with E-state index in [1.54, 1.807) is 12.1 Å². The second kappa shape index (κ2) is 8.75. The Kier molecular flexibility index (Phi) is 6.69. The molecule has 5 nitrogen and oxygen atoms in total. The molecule has 0 radical (unpaired) electrons. The van der Waals surface area contributed by atoms with Gasteiger partial charge in [-0.1, -0.05) is 17.7 Å². The molecule has 2 aromatic rings. The second-order valence-electron chi connectivity index (χ2n) is 4.95. The van der Waals surface area contributed by atoms with Crippen molar-refractivity contribution in [2.45, 2.75) is 11.8 Å². The molecule has 24 heavy (non-hydrogen) atoms. The first-order valence-corrected chi connectivity index (χ1v) is 8.85. The zero-order chi connectivity index (χ0) is 17.5. The lowest BCUT2D eigenvalue weighted by Gasteiger charge is -2.06. The topological polar surface area (TPSA) is 70.9 Å². The second-order valence-corrected chi connectivity index (χ2v) is 6.85. The van der Waals surface area contributed by atoms with E-state index in [1.807, 2.05) is 31.2 Å². The molecule has 1 amide bonds. The minimum Gasteiger partial charge on any atom is -0.503 e. The largest absolute Gasteiger partial charge is 0.503 e. The fraction of sp³-hybridized carbons (Fsp3) is 0.176. The van der Waals surface area contributed by atoms with Crippen molar-refractivity contribution in [2.24, 2.45) is 5.10 Å². The van der Waals surface area contributed by atoms with Crippen LogP contribution in [-0.4, -0.2) is 30.1 Å². The summed E-state index contributed by atoms with van der Waals surface area (Å²) in [6, 6.07) is 11.3. The zero-order valence-corrected chi connectivity index (χ0v) is 15.6. The number of benzene rings is 2. The standard InChI is InChI=1S/C17H17BrN2O3S/c1-11-3-5-13(6-4-11)24-10-16(21)20-19-9-12-7-14(18)17(22)15(8-12)23-2/h3-9,22H,10H2,1-2H3,(H,20,21)/b19-9-.